The molecule has 6 nitrogen and oxygen atoms in total. The molecule has 0 bridgehead atoms. The number of unbranched alkanes of at least 4 members (excludes halogenated alkanes) is 2. The summed E-state index contributed by atoms with van der Waals surface area (Å²) in [6, 6.07) is 13.7. The number of fused-ring (bicyclic) bond motifs is 2. The van der Waals surface area contributed by atoms with Crippen LogP contribution in [0.5, 0.6) is 0 Å². The molecule has 2 aromatic rings. The van der Waals surface area contributed by atoms with Gasteiger partial charge in [-0.05, 0) is 54.8 Å². The molecular formula is C44H59N4O2-. The second-order valence-corrected chi connectivity index (χ2v) is 15.4. The fourth-order valence-electron chi connectivity index (χ4n) is 7.94. The molecule has 1 atom stereocenters. The van der Waals surface area contributed by atoms with Crippen LogP contribution in [0.4, 0.5) is 5.69 Å². The smallest absolute Gasteiger partial charge is 0.328 e. The van der Waals surface area contributed by atoms with Gasteiger partial charge < -0.3 is 20.3 Å². The minimum absolute atomic E-state index is 0.163. The van der Waals surface area contributed by atoms with E-state index in [9.17, 15) is 9.90 Å². The van der Waals surface area contributed by atoms with E-state index in [1.165, 1.54) is 39.5 Å². The molecule has 2 heterocycles. The summed E-state index contributed by atoms with van der Waals surface area (Å²) in [5.74, 6) is 0.156. The number of hydrogen-bond donors (Lipinski definition) is 2. The van der Waals surface area contributed by atoms with Gasteiger partial charge in [-0.3, -0.25) is 11.1 Å². The number of carbonyl (C=O) groups is 1. The molecule has 1 unspecified atom stereocenters. The van der Waals surface area contributed by atoms with Gasteiger partial charge in [0.1, 0.15) is 17.9 Å². The number of nitrogens with two attached hydrogens (primary N) is 1. The van der Waals surface area contributed by atoms with Gasteiger partial charge in [0.2, 0.25) is 0 Å². The summed E-state index contributed by atoms with van der Waals surface area (Å²) in [5.41, 5.74) is 13.9. The molecule has 6 heteroatoms. The van der Waals surface area contributed by atoms with Crippen LogP contribution >= 0.6 is 0 Å². The summed E-state index contributed by atoms with van der Waals surface area (Å²) in [5, 5.41) is 12.5. The third-order valence-corrected chi connectivity index (χ3v) is 10.9. The Morgan fingerprint density at radius 2 is 1.84 bits per heavy atom. The fourth-order valence-corrected chi connectivity index (χ4v) is 7.94. The Hall–Kier alpha value is -4.03. The van der Waals surface area contributed by atoms with Gasteiger partial charge >= 0.3 is 5.97 Å². The summed E-state index contributed by atoms with van der Waals surface area (Å²) in [6.45, 7) is 22.3. The summed E-state index contributed by atoms with van der Waals surface area (Å²) >= 11 is 0. The van der Waals surface area contributed by atoms with E-state index in [4.69, 9.17) is 10.7 Å². The minimum atomic E-state index is -0.931. The van der Waals surface area contributed by atoms with Gasteiger partial charge in [0, 0.05) is 41.2 Å². The van der Waals surface area contributed by atoms with E-state index in [0.717, 1.165) is 80.5 Å². The van der Waals surface area contributed by atoms with Gasteiger partial charge in [-0.15, -0.1) is 11.6 Å². The van der Waals surface area contributed by atoms with Crippen molar-refractivity contribution in [2.24, 2.45) is 10.7 Å². The van der Waals surface area contributed by atoms with E-state index in [1.54, 1.807) is 0 Å². The number of carboxylic acids is 1. The molecule has 3 N–H and O–H groups in total. The van der Waals surface area contributed by atoms with Crippen molar-refractivity contribution in [2.45, 2.75) is 117 Å². The van der Waals surface area contributed by atoms with Crippen molar-refractivity contribution >= 4 is 23.9 Å². The Balaban J connectivity index is 1.58. The van der Waals surface area contributed by atoms with Crippen molar-refractivity contribution in [3.8, 4) is 0 Å². The van der Waals surface area contributed by atoms with Crippen LogP contribution in [0.15, 0.2) is 77.0 Å². The Labute approximate surface area is 300 Å². The maximum Gasteiger partial charge on any atom is 0.328 e. The van der Waals surface area contributed by atoms with Crippen molar-refractivity contribution in [3.05, 3.63) is 111 Å². The summed E-state index contributed by atoms with van der Waals surface area (Å²) in [6.07, 6.45) is 16.4. The first kappa shape index (κ1) is 37.2. The normalized spacial score (nSPS) is 21.2. The predicted octanol–water partition coefficient (Wildman–Crippen LogP) is 7.49. The quantitative estimate of drug-likeness (QED) is 0.170. The molecule has 0 amide bonds. The third-order valence-electron chi connectivity index (χ3n) is 10.9. The zero-order chi connectivity index (χ0) is 36.2. The maximum atomic E-state index is 12.4. The molecule has 0 saturated heterocycles. The van der Waals surface area contributed by atoms with Crippen molar-refractivity contribution in [1.82, 2.24) is 4.58 Å². The van der Waals surface area contributed by atoms with E-state index < -0.39 is 12.0 Å². The fraction of sp³-hybridized carbons (Fsp3) is 0.477. The molecule has 2 aromatic carbocycles. The van der Waals surface area contributed by atoms with Gasteiger partial charge in [0.05, 0.1) is 0 Å². The lowest BCUT2D eigenvalue weighted by molar-refractivity contribution is -0.138. The predicted molar refractivity (Wildman–Crippen MR) is 210 cm³/mol. The van der Waals surface area contributed by atoms with Crippen molar-refractivity contribution < 1.29 is 9.90 Å². The average molecular weight is 676 g/mol. The number of allylic oxidation sites excluding steroid dienone is 5. The second-order valence-electron chi connectivity index (χ2n) is 15.4. The first-order valence-corrected chi connectivity index (χ1v) is 18.8. The van der Waals surface area contributed by atoms with Crippen LogP contribution in [0.25, 0.3) is 6.58 Å². The Morgan fingerprint density at radius 1 is 1.08 bits per heavy atom. The van der Waals surface area contributed by atoms with Crippen molar-refractivity contribution in [3.63, 3.8) is 0 Å². The molecule has 268 valence electrons. The lowest BCUT2D eigenvalue weighted by Crippen LogP contribution is -2.33. The topological polar surface area (TPSA) is 81.9 Å². The molecule has 0 radical (unpaired) electrons. The summed E-state index contributed by atoms with van der Waals surface area (Å²) in [4.78, 5) is 19.9. The van der Waals surface area contributed by atoms with Gasteiger partial charge in [-0.25, -0.2) is 10.9 Å². The molecule has 1 saturated carbocycles. The monoisotopic (exact) mass is 675 g/mol. The van der Waals surface area contributed by atoms with E-state index >= 15 is 0 Å². The second kappa shape index (κ2) is 15.5. The van der Waals surface area contributed by atoms with Gasteiger partial charge in [0.15, 0.2) is 0 Å². The molecule has 2 aliphatic heterocycles. The summed E-state index contributed by atoms with van der Waals surface area (Å²) < 4.78 is 2.47. The molecule has 3 aliphatic rings. The Morgan fingerprint density at radius 3 is 2.54 bits per heavy atom. The van der Waals surface area contributed by atoms with E-state index in [-0.39, 0.29) is 17.4 Å². The highest BCUT2D eigenvalue weighted by molar-refractivity contribution is 6.13. The van der Waals surface area contributed by atoms with Crippen molar-refractivity contribution in [1.29, 1.82) is 0 Å². The highest BCUT2D eigenvalue weighted by atomic mass is 16.4. The molecule has 50 heavy (non-hydrogen) atoms. The van der Waals surface area contributed by atoms with Gasteiger partial charge in [-0.1, -0.05) is 122 Å². The number of aryl methyl sites for hydroxylation is 1. The largest absolute Gasteiger partial charge is 0.480 e. The van der Waals surface area contributed by atoms with Crippen LogP contribution in [-0.4, -0.2) is 42.5 Å². The highest BCUT2D eigenvalue weighted by Gasteiger charge is 2.40. The number of anilines is 1. The molecule has 1 aliphatic carbocycles. The number of rotatable bonds is 13. The molecular weight excluding hydrogens is 617 g/mol. The average Bonchev–Trinajstić information content (AvgIpc) is 3.41. The highest BCUT2D eigenvalue weighted by Crippen LogP contribution is 2.48. The van der Waals surface area contributed by atoms with Crippen LogP contribution in [0.2, 0.25) is 0 Å². The number of carboxylic acid groups (broad SMARTS) is 1. The number of aliphatic imine (C=N–C) groups is 1. The first-order valence-electron chi connectivity index (χ1n) is 18.8. The zero-order valence-electron chi connectivity index (χ0n) is 31.6. The minimum Gasteiger partial charge on any atom is -0.480 e. The van der Waals surface area contributed by atoms with E-state index in [1.807, 2.05) is 0 Å². The van der Waals surface area contributed by atoms with Crippen LogP contribution < -0.4 is 25.8 Å². The first-order chi connectivity index (χ1) is 23.8. The number of nitrogens with zero attached hydrogens (tertiary/aromatic N) is 3. The third kappa shape index (κ3) is 7.37. The van der Waals surface area contributed by atoms with Crippen LogP contribution in [-0.2, 0) is 15.6 Å². The SMILES string of the molecule is C=c1ccc2c(c1)C(C)(C)[C-](/C=C/[C-]1CCC/C(=C\C=C3/N(CCCC)c4ccc(C)cc4C3(C)C)C1=NC(CCN)C(=O)O)[N+]=2CCCC. The van der Waals surface area contributed by atoms with Gasteiger partial charge in [-0.2, -0.15) is 5.92 Å². The van der Waals surface area contributed by atoms with Crippen LogP contribution in [0.1, 0.15) is 110 Å². The Kier molecular flexibility index (Phi) is 11.5. The van der Waals surface area contributed by atoms with E-state index in [0.29, 0.717) is 6.42 Å². The molecule has 0 spiro atoms. The molecule has 5 rings (SSSR count). The molecule has 0 aromatic heterocycles. The number of benzene rings is 2. The van der Waals surface area contributed by atoms with Crippen LogP contribution in [0.3, 0.4) is 0 Å². The summed E-state index contributed by atoms with van der Waals surface area (Å²) in [7, 11) is 0. The number of aliphatic carboxylic acids is 1. The maximum absolute atomic E-state index is 12.4. The standard InChI is InChI=1S/C44H59N4O2/c1-9-11-26-47-37-20-16-30(3)28-34(37)43(5,6)39(47)22-18-32-14-13-15-33(41(32)46-36(24-25-45)42(49)50)19-23-40-44(7,8)35-29-31(4)17-21-38(35)48(40)27-12-10-2/h16-23,28-29,36H,3,9-15,24-27,45H2,1-2,4-8H3,(H,49,50)/q-1/b22-18+,33-19+,40-23-,46-41?. The lowest BCUT2D eigenvalue weighted by Gasteiger charge is -2.37. The van der Waals surface area contributed by atoms with Crippen LogP contribution in [0, 0.1) is 18.9 Å². The van der Waals surface area contributed by atoms with Crippen molar-refractivity contribution in [2.75, 3.05) is 24.5 Å². The number of hydrogen-bond acceptors (Lipinski definition) is 4. The molecule has 1 fully saturated rings. The zero-order valence-corrected chi connectivity index (χ0v) is 31.6. The Bertz CT molecular complexity index is 1810. The van der Waals surface area contributed by atoms with E-state index in [2.05, 4.69) is 125 Å². The lowest BCUT2D eigenvalue weighted by atomic mass is 9.77. The van der Waals surface area contributed by atoms with Gasteiger partial charge in [0.25, 0.3) is 0 Å².